The Labute approximate surface area is 120 Å². The zero-order chi connectivity index (χ0) is 14.5. The molecule has 0 bridgehead atoms. The normalized spacial score (nSPS) is 26.7. The lowest BCUT2D eigenvalue weighted by molar-refractivity contribution is 0.171. The topological polar surface area (TPSA) is 12.0 Å². The predicted octanol–water partition coefficient (Wildman–Crippen LogP) is 4.17. The molecule has 3 unspecified atom stereocenters. The lowest BCUT2D eigenvalue weighted by atomic mass is 9.71. The fraction of sp³-hybridized carbons (Fsp3) is 0.647. The van der Waals surface area contributed by atoms with Gasteiger partial charge >= 0.3 is 0 Å². The molecule has 1 saturated carbocycles. The number of nitrogens with one attached hydrogen (secondary N) is 1. The van der Waals surface area contributed by atoms with E-state index < -0.39 is 11.6 Å². The minimum absolute atomic E-state index is 0.273. The average Bonchev–Trinajstić information content (AvgIpc) is 2.45. The second kappa shape index (κ2) is 7.16. The molecule has 0 radical (unpaired) electrons. The number of benzene rings is 1. The van der Waals surface area contributed by atoms with Crippen molar-refractivity contribution >= 4 is 0 Å². The first-order valence-electron chi connectivity index (χ1n) is 7.73. The zero-order valence-electron chi connectivity index (χ0n) is 12.5. The quantitative estimate of drug-likeness (QED) is 0.854. The molecular weight excluding hydrogens is 256 g/mol. The zero-order valence-corrected chi connectivity index (χ0v) is 12.5. The summed E-state index contributed by atoms with van der Waals surface area (Å²) in [6.45, 7) is 3.15. The van der Waals surface area contributed by atoms with Crippen LogP contribution in [-0.4, -0.2) is 13.6 Å². The lowest BCUT2D eigenvalue weighted by Gasteiger charge is -2.36. The molecule has 0 amide bonds. The van der Waals surface area contributed by atoms with Crippen molar-refractivity contribution in [2.45, 2.75) is 39.0 Å². The molecule has 0 spiro atoms. The van der Waals surface area contributed by atoms with E-state index >= 15 is 0 Å². The Morgan fingerprint density at radius 3 is 2.45 bits per heavy atom. The molecule has 1 fully saturated rings. The summed E-state index contributed by atoms with van der Waals surface area (Å²) in [7, 11) is 1.95. The van der Waals surface area contributed by atoms with Crippen LogP contribution in [0.3, 0.4) is 0 Å². The van der Waals surface area contributed by atoms with Crippen molar-refractivity contribution in [3.63, 3.8) is 0 Å². The Balaban J connectivity index is 2.14. The van der Waals surface area contributed by atoms with Gasteiger partial charge in [-0.25, -0.2) is 8.78 Å². The van der Waals surface area contributed by atoms with Crippen LogP contribution in [0.4, 0.5) is 8.78 Å². The maximum Gasteiger partial charge on any atom is 0.129 e. The van der Waals surface area contributed by atoms with Crippen LogP contribution in [-0.2, 0) is 6.42 Å². The Hall–Kier alpha value is -0.960. The van der Waals surface area contributed by atoms with E-state index in [1.807, 2.05) is 7.05 Å². The van der Waals surface area contributed by atoms with E-state index in [4.69, 9.17) is 0 Å². The summed E-state index contributed by atoms with van der Waals surface area (Å²) in [5.41, 5.74) is 0.273. The minimum atomic E-state index is -0.396. The predicted molar refractivity (Wildman–Crippen MR) is 78.6 cm³/mol. The Bertz CT molecular complexity index is 413. The molecule has 1 aliphatic rings. The smallest absolute Gasteiger partial charge is 0.129 e. The van der Waals surface area contributed by atoms with Crippen molar-refractivity contribution in [2.24, 2.45) is 17.8 Å². The molecule has 0 aliphatic heterocycles. The highest BCUT2D eigenvalue weighted by Crippen LogP contribution is 2.37. The average molecular weight is 281 g/mol. The minimum Gasteiger partial charge on any atom is -0.319 e. The van der Waals surface area contributed by atoms with E-state index in [9.17, 15) is 8.78 Å². The van der Waals surface area contributed by atoms with Gasteiger partial charge in [-0.1, -0.05) is 25.8 Å². The monoisotopic (exact) mass is 281 g/mol. The van der Waals surface area contributed by atoms with Crippen LogP contribution in [0, 0.1) is 29.4 Å². The summed E-state index contributed by atoms with van der Waals surface area (Å²) in [5, 5.41) is 3.23. The van der Waals surface area contributed by atoms with Crippen molar-refractivity contribution in [3.8, 4) is 0 Å². The summed E-state index contributed by atoms with van der Waals surface area (Å²) >= 11 is 0. The lowest BCUT2D eigenvalue weighted by Crippen LogP contribution is -2.33. The Morgan fingerprint density at radius 1 is 1.15 bits per heavy atom. The van der Waals surface area contributed by atoms with Crippen molar-refractivity contribution in [3.05, 3.63) is 35.4 Å². The van der Waals surface area contributed by atoms with Gasteiger partial charge in [0.1, 0.15) is 11.6 Å². The fourth-order valence-corrected chi connectivity index (χ4v) is 3.57. The van der Waals surface area contributed by atoms with Crippen LogP contribution in [0.25, 0.3) is 0 Å². The maximum absolute atomic E-state index is 13.8. The van der Waals surface area contributed by atoms with Gasteiger partial charge in [0.25, 0.3) is 0 Å². The molecule has 2 rings (SSSR count). The summed E-state index contributed by atoms with van der Waals surface area (Å²) in [4.78, 5) is 0. The van der Waals surface area contributed by atoms with Crippen LogP contribution in [0.2, 0.25) is 0 Å². The molecule has 3 heteroatoms. The van der Waals surface area contributed by atoms with E-state index in [-0.39, 0.29) is 5.56 Å². The standard InChI is InChI=1S/C17H25F2N/c1-3-12-7-8-13(11-20-2)14(9-12)10-15-16(18)5-4-6-17(15)19/h4-6,12-14,20H,3,7-11H2,1-2H3. The van der Waals surface area contributed by atoms with Gasteiger partial charge in [0.2, 0.25) is 0 Å². The first-order chi connectivity index (χ1) is 9.65. The first kappa shape index (κ1) is 15.4. The van der Waals surface area contributed by atoms with Gasteiger partial charge in [0.05, 0.1) is 0 Å². The van der Waals surface area contributed by atoms with Crippen molar-refractivity contribution < 1.29 is 8.78 Å². The highest BCUT2D eigenvalue weighted by atomic mass is 19.1. The van der Waals surface area contributed by atoms with Crippen molar-refractivity contribution in [1.29, 1.82) is 0 Å². The Kier molecular flexibility index (Phi) is 5.53. The van der Waals surface area contributed by atoms with E-state index in [1.54, 1.807) is 0 Å². The van der Waals surface area contributed by atoms with Crippen LogP contribution in [0.1, 0.15) is 38.2 Å². The number of halogens is 2. The highest BCUT2D eigenvalue weighted by Gasteiger charge is 2.30. The van der Waals surface area contributed by atoms with Gasteiger partial charge in [0, 0.05) is 5.56 Å². The third-order valence-corrected chi connectivity index (χ3v) is 4.82. The molecular formula is C17H25F2N. The summed E-state index contributed by atoms with van der Waals surface area (Å²) < 4.78 is 27.7. The van der Waals surface area contributed by atoms with Gasteiger partial charge in [-0.05, 0) is 62.7 Å². The molecule has 1 aromatic carbocycles. The van der Waals surface area contributed by atoms with Gasteiger partial charge in [-0.3, -0.25) is 0 Å². The summed E-state index contributed by atoms with van der Waals surface area (Å²) in [6.07, 6.45) is 5.21. The van der Waals surface area contributed by atoms with Crippen LogP contribution >= 0.6 is 0 Å². The molecule has 0 saturated heterocycles. The molecule has 3 atom stereocenters. The molecule has 20 heavy (non-hydrogen) atoms. The van der Waals surface area contributed by atoms with Crippen LogP contribution in [0.5, 0.6) is 0 Å². The molecule has 0 heterocycles. The van der Waals surface area contributed by atoms with Gasteiger partial charge in [-0.15, -0.1) is 0 Å². The number of hydrogen-bond donors (Lipinski definition) is 1. The van der Waals surface area contributed by atoms with Crippen molar-refractivity contribution in [2.75, 3.05) is 13.6 Å². The molecule has 1 nitrogen and oxygen atoms in total. The number of hydrogen-bond acceptors (Lipinski definition) is 1. The van der Waals surface area contributed by atoms with Gasteiger partial charge < -0.3 is 5.32 Å². The van der Waals surface area contributed by atoms with Gasteiger partial charge in [0.15, 0.2) is 0 Å². The number of rotatable bonds is 5. The van der Waals surface area contributed by atoms with Gasteiger partial charge in [-0.2, -0.15) is 0 Å². The van der Waals surface area contributed by atoms with E-state index in [0.717, 1.165) is 13.0 Å². The highest BCUT2D eigenvalue weighted by molar-refractivity contribution is 5.20. The molecule has 1 N–H and O–H groups in total. The maximum atomic E-state index is 13.8. The molecule has 1 aromatic rings. The third-order valence-electron chi connectivity index (χ3n) is 4.82. The summed E-state index contributed by atoms with van der Waals surface area (Å²) in [5.74, 6) is 0.830. The van der Waals surface area contributed by atoms with Crippen LogP contribution < -0.4 is 5.32 Å². The SMILES string of the molecule is CCC1CCC(CNC)C(Cc2c(F)cccc2F)C1. The van der Waals surface area contributed by atoms with Crippen LogP contribution in [0.15, 0.2) is 18.2 Å². The van der Waals surface area contributed by atoms with Crippen molar-refractivity contribution in [1.82, 2.24) is 5.32 Å². The first-order valence-corrected chi connectivity index (χ1v) is 7.73. The fourth-order valence-electron chi connectivity index (χ4n) is 3.57. The second-order valence-corrected chi connectivity index (χ2v) is 6.07. The van der Waals surface area contributed by atoms with E-state index in [1.165, 1.54) is 37.5 Å². The Morgan fingerprint density at radius 2 is 1.85 bits per heavy atom. The van der Waals surface area contributed by atoms with E-state index in [0.29, 0.717) is 24.2 Å². The largest absolute Gasteiger partial charge is 0.319 e. The van der Waals surface area contributed by atoms with E-state index in [2.05, 4.69) is 12.2 Å². The molecule has 112 valence electrons. The second-order valence-electron chi connectivity index (χ2n) is 6.07. The summed E-state index contributed by atoms with van der Waals surface area (Å²) in [6, 6.07) is 4.17. The molecule has 1 aliphatic carbocycles. The molecule has 0 aromatic heterocycles. The third kappa shape index (κ3) is 3.57.